The first kappa shape index (κ1) is 26.7. The van der Waals surface area contributed by atoms with Gasteiger partial charge in [0.05, 0.1) is 24.6 Å². The zero-order chi connectivity index (χ0) is 27.6. The SMILES string of the molecule is CCOc1cccc(/C(O)=C2/C(=O)C(=O)N(c3ccc(CC(=O)O)cc3)C2c2ccc(C(C)(C)C)cc2)c1. The van der Waals surface area contributed by atoms with Crippen LogP contribution in [0.25, 0.3) is 5.76 Å². The number of aliphatic hydroxyl groups is 1. The standard InChI is InChI=1S/C31H31NO6/c1-5-38-24-8-6-7-21(18-24)28(35)26-27(20-11-13-22(14-12-20)31(2,3)4)32(30(37)29(26)36)23-15-9-19(10-16-23)17-25(33)34/h6-16,18,27,35H,5,17H2,1-4H3,(H,33,34)/b28-26-. The largest absolute Gasteiger partial charge is 0.507 e. The minimum absolute atomic E-state index is 0.0261. The van der Waals surface area contributed by atoms with E-state index in [0.29, 0.717) is 34.7 Å². The number of hydrogen-bond acceptors (Lipinski definition) is 5. The van der Waals surface area contributed by atoms with E-state index in [4.69, 9.17) is 9.84 Å². The van der Waals surface area contributed by atoms with Gasteiger partial charge in [-0.15, -0.1) is 0 Å². The van der Waals surface area contributed by atoms with Gasteiger partial charge in [-0.2, -0.15) is 0 Å². The van der Waals surface area contributed by atoms with Gasteiger partial charge in [0.1, 0.15) is 11.5 Å². The molecule has 1 atom stereocenters. The highest BCUT2D eigenvalue weighted by atomic mass is 16.5. The Hall–Kier alpha value is -4.39. The number of nitrogens with zero attached hydrogens (tertiary/aromatic N) is 1. The Morgan fingerprint density at radius 1 is 0.947 bits per heavy atom. The summed E-state index contributed by atoms with van der Waals surface area (Å²) in [6, 6.07) is 20.0. The second kappa shape index (κ2) is 10.5. The quantitative estimate of drug-likeness (QED) is 0.241. The third-order valence-corrected chi connectivity index (χ3v) is 6.53. The van der Waals surface area contributed by atoms with Crippen LogP contribution < -0.4 is 9.64 Å². The normalized spacial score (nSPS) is 17.1. The zero-order valence-corrected chi connectivity index (χ0v) is 21.9. The Kier molecular flexibility index (Phi) is 7.39. The maximum absolute atomic E-state index is 13.4. The number of Topliss-reactive ketones (excluding diaryl/α,β-unsaturated/α-hetero) is 1. The number of ether oxygens (including phenoxy) is 1. The molecule has 2 N–H and O–H groups in total. The van der Waals surface area contributed by atoms with Crippen LogP contribution in [0.4, 0.5) is 5.69 Å². The Labute approximate surface area is 222 Å². The van der Waals surface area contributed by atoms with Crippen LogP contribution in [-0.2, 0) is 26.2 Å². The fourth-order valence-corrected chi connectivity index (χ4v) is 4.58. The predicted molar refractivity (Wildman–Crippen MR) is 145 cm³/mol. The number of rotatable bonds is 7. The summed E-state index contributed by atoms with van der Waals surface area (Å²) in [5.74, 6) is -2.30. The molecule has 3 aromatic rings. The van der Waals surface area contributed by atoms with Crippen LogP contribution in [0.15, 0.2) is 78.4 Å². The van der Waals surface area contributed by atoms with Crippen LogP contribution in [0.1, 0.15) is 56.0 Å². The first-order valence-corrected chi connectivity index (χ1v) is 12.5. The molecule has 7 heteroatoms. The van der Waals surface area contributed by atoms with Crippen molar-refractivity contribution < 1.29 is 29.3 Å². The van der Waals surface area contributed by atoms with Crippen molar-refractivity contribution >= 4 is 29.1 Å². The maximum atomic E-state index is 13.4. The van der Waals surface area contributed by atoms with E-state index in [0.717, 1.165) is 5.56 Å². The molecule has 0 bridgehead atoms. The Balaban J connectivity index is 1.87. The summed E-state index contributed by atoms with van der Waals surface area (Å²) in [5, 5.41) is 20.5. The van der Waals surface area contributed by atoms with E-state index in [1.807, 2.05) is 31.2 Å². The fourth-order valence-electron chi connectivity index (χ4n) is 4.58. The number of benzene rings is 3. The van der Waals surface area contributed by atoms with E-state index in [1.54, 1.807) is 48.5 Å². The maximum Gasteiger partial charge on any atom is 0.307 e. The van der Waals surface area contributed by atoms with Crippen molar-refractivity contribution in [2.24, 2.45) is 0 Å². The lowest BCUT2D eigenvalue weighted by Gasteiger charge is -2.27. The molecule has 0 saturated carbocycles. The van der Waals surface area contributed by atoms with Gasteiger partial charge in [0.25, 0.3) is 11.7 Å². The number of aliphatic carboxylic acids is 1. The molecule has 1 aliphatic heterocycles. The molecule has 38 heavy (non-hydrogen) atoms. The smallest absolute Gasteiger partial charge is 0.307 e. The minimum Gasteiger partial charge on any atom is -0.507 e. The van der Waals surface area contributed by atoms with Gasteiger partial charge < -0.3 is 14.9 Å². The molecule has 1 amide bonds. The van der Waals surface area contributed by atoms with E-state index < -0.39 is 23.7 Å². The second-order valence-electron chi connectivity index (χ2n) is 10.2. The number of amides is 1. The number of carboxylic acid groups (broad SMARTS) is 1. The first-order chi connectivity index (χ1) is 18.0. The highest BCUT2D eigenvalue weighted by Crippen LogP contribution is 2.43. The van der Waals surface area contributed by atoms with Crippen LogP contribution in [0, 0.1) is 0 Å². The van der Waals surface area contributed by atoms with Crippen molar-refractivity contribution in [1.29, 1.82) is 0 Å². The highest BCUT2D eigenvalue weighted by Gasteiger charge is 2.47. The first-order valence-electron chi connectivity index (χ1n) is 12.5. The second-order valence-corrected chi connectivity index (χ2v) is 10.2. The molecule has 1 fully saturated rings. The van der Waals surface area contributed by atoms with Crippen LogP contribution in [0.2, 0.25) is 0 Å². The molecule has 4 rings (SSSR count). The summed E-state index contributed by atoms with van der Waals surface area (Å²) in [4.78, 5) is 39.3. The molecule has 1 heterocycles. The van der Waals surface area contributed by atoms with Crippen LogP contribution in [-0.4, -0.2) is 34.5 Å². The van der Waals surface area contributed by atoms with E-state index in [2.05, 4.69) is 20.8 Å². The highest BCUT2D eigenvalue weighted by molar-refractivity contribution is 6.51. The summed E-state index contributed by atoms with van der Waals surface area (Å²) >= 11 is 0. The van der Waals surface area contributed by atoms with Crippen molar-refractivity contribution in [3.05, 3.63) is 101 Å². The van der Waals surface area contributed by atoms with Crippen molar-refractivity contribution in [1.82, 2.24) is 0 Å². The van der Waals surface area contributed by atoms with Crippen molar-refractivity contribution in [3.63, 3.8) is 0 Å². The predicted octanol–water partition coefficient (Wildman–Crippen LogP) is 5.64. The monoisotopic (exact) mass is 513 g/mol. The molecular weight excluding hydrogens is 482 g/mol. The van der Waals surface area contributed by atoms with E-state index in [-0.39, 0.29) is 23.2 Å². The van der Waals surface area contributed by atoms with Crippen LogP contribution in [0.5, 0.6) is 5.75 Å². The number of aliphatic hydroxyl groups excluding tert-OH is 1. The van der Waals surface area contributed by atoms with Crippen LogP contribution in [0.3, 0.4) is 0 Å². The fraction of sp³-hybridized carbons (Fsp3) is 0.258. The Morgan fingerprint density at radius 3 is 2.18 bits per heavy atom. The summed E-state index contributed by atoms with van der Waals surface area (Å²) in [6.45, 7) is 8.57. The molecule has 0 radical (unpaired) electrons. The van der Waals surface area contributed by atoms with Crippen molar-refractivity contribution in [2.45, 2.75) is 45.6 Å². The van der Waals surface area contributed by atoms with Gasteiger partial charge in [-0.05, 0) is 53.3 Å². The number of carboxylic acids is 1. The van der Waals surface area contributed by atoms with Gasteiger partial charge in [-0.3, -0.25) is 19.3 Å². The lowest BCUT2D eigenvalue weighted by molar-refractivity contribution is -0.136. The number of anilines is 1. The van der Waals surface area contributed by atoms with Gasteiger partial charge in [-0.1, -0.05) is 69.3 Å². The summed E-state index contributed by atoms with van der Waals surface area (Å²) in [6.07, 6.45) is -0.160. The number of carbonyl (C=O) groups excluding carboxylic acids is 2. The Morgan fingerprint density at radius 2 is 1.61 bits per heavy atom. The van der Waals surface area contributed by atoms with Gasteiger partial charge >= 0.3 is 5.97 Å². The minimum atomic E-state index is -0.966. The van der Waals surface area contributed by atoms with Gasteiger partial charge in [0, 0.05) is 11.3 Å². The zero-order valence-electron chi connectivity index (χ0n) is 21.9. The molecule has 3 aromatic carbocycles. The molecule has 0 aromatic heterocycles. The molecule has 7 nitrogen and oxygen atoms in total. The number of hydrogen-bond donors (Lipinski definition) is 2. The third-order valence-electron chi connectivity index (χ3n) is 6.53. The molecular formula is C31H31NO6. The Bertz CT molecular complexity index is 1400. The van der Waals surface area contributed by atoms with E-state index >= 15 is 0 Å². The number of ketones is 1. The van der Waals surface area contributed by atoms with Gasteiger partial charge in [0.2, 0.25) is 0 Å². The lowest BCUT2D eigenvalue weighted by atomic mass is 9.85. The van der Waals surface area contributed by atoms with Crippen LogP contribution >= 0.6 is 0 Å². The third kappa shape index (κ3) is 5.32. The van der Waals surface area contributed by atoms with Crippen molar-refractivity contribution in [3.8, 4) is 5.75 Å². The summed E-state index contributed by atoms with van der Waals surface area (Å²) in [5.41, 5.74) is 2.98. The average Bonchev–Trinajstić information content (AvgIpc) is 3.14. The van der Waals surface area contributed by atoms with Gasteiger partial charge in [0.15, 0.2) is 0 Å². The van der Waals surface area contributed by atoms with E-state index in [1.165, 1.54) is 4.90 Å². The average molecular weight is 514 g/mol. The lowest BCUT2D eigenvalue weighted by Crippen LogP contribution is -2.29. The molecule has 1 saturated heterocycles. The molecule has 196 valence electrons. The molecule has 1 aliphatic rings. The van der Waals surface area contributed by atoms with E-state index in [9.17, 15) is 19.5 Å². The topological polar surface area (TPSA) is 104 Å². The summed E-state index contributed by atoms with van der Waals surface area (Å²) in [7, 11) is 0. The molecule has 1 unspecified atom stereocenters. The number of carbonyl (C=O) groups is 3. The molecule has 0 aliphatic carbocycles. The van der Waals surface area contributed by atoms with Gasteiger partial charge in [-0.25, -0.2) is 0 Å². The molecule has 0 spiro atoms. The summed E-state index contributed by atoms with van der Waals surface area (Å²) < 4.78 is 5.56. The van der Waals surface area contributed by atoms with Crippen molar-refractivity contribution in [2.75, 3.05) is 11.5 Å².